The lowest BCUT2D eigenvalue weighted by molar-refractivity contribution is -0.138. The van der Waals surface area contributed by atoms with Crippen molar-refractivity contribution in [2.75, 3.05) is 32.8 Å². The fraction of sp³-hybridized carbons (Fsp3) is 0.594. The second-order valence-electron chi connectivity index (χ2n) is 11.8. The molecule has 0 saturated carbocycles. The van der Waals surface area contributed by atoms with Crippen LogP contribution in [0.2, 0.25) is 0 Å². The van der Waals surface area contributed by atoms with Crippen LogP contribution in [0.25, 0.3) is 0 Å². The van der Waals surface area contributed by atoms with E-state index in [-0.39, 0.29) is 12.0 Å². The molecule has 4 unspecified atom stereocenters. The molecule has 0 aromatic heterocycles. The first-order valence-corrected chi connectivity index (χ1v) is 14.3. The standard InChI is InChI=1S/C32H42F3N3O/c1-5-39-31-21-38(20-29(31)22(2)3)19-28-11-10-24(15-30(28)32(33,34)35)14-23(4)26-12-13-37(17-26)18-27-9-7-6-8-25(27)16-36/h6-11,15,22-23,26,29,31H,5,12-14,17-21H2,1-4H3. The molecule has 39 heavy (non-hydrogen) atoms. The van der Waals surface area contributed by atoms with Crippen molar-refractivity contribution < 1.29 is 17.9 Å². The van der Waals surface area contributed by atoms with Crippen LogP contribution in [0.15, 0.2) is 42.5 Å². The Hall–Kier alpha value is -2.40. The van der Waals surface area contributed by atoms with Gasteiger partial charge in [-0.3, -0.25) is 9.80 Å². The minimum Gasteiger partial charge on any atom is -0.377 e. The molecule has 2 aliphatic heterocycles. The predicted octanol–water partition coefficient (Wildman–Crippen LogP) is 6.77. The molecule has 0 spiro atoms. The Labute approximate surface area is 231 Å². The average Bonchev–Trinajstić information content (AvgIpc) is 3.52. The third kappa shape index (κ3) is 7.42. The van der Waals surface area contributed by atoms with Gasteiger partial charge in [0, 0.05) is 45.2 Å². The van der Waals surface area contributed by atoms with Crippen molar-refractivity contribution in [3.63, 3.8) is 0 Å². The summed E-state index contributed by atoms with van der Waals surface area (Å²) in [4.78, 5) is 4.48. The number of nitrogens with zero attached hydrogens (tertiary/aromatic N) is 3. The molecule has 0 bridgehead atoms. The second-order valence-corrected chi connectivity index (χ2v) is 11.8. The van der Waals surface area contributed by atoms with Gasteiger partial charge in [0.1, 0.15) is 0 Å². The van der Waals surface area contributed by atoms with Crippen molar-refractivity contribution >= 4 is 0 Å². The minimum absolute atomic E-state index is 0.0730. The Balaban J connectivity index is 1.40. The first kappa shape index (κ1) is 29.6. The summed E-state index contributed by atoms with van der Waals surface area (Å²) in [5.41, 5.74) is 2.33. The van der Waals surface area contributed by atoms with Crippen LogP contribution in [-0.2, 0) is 30.4 Å². The van der Waals surface area contributed by atoms with E-state index < -0.39 is 11.7 Å². The second kappa shape index (κ2) is 12.8. The van der Waals surface area contributed by atoms with Crippen molar-refractivity contribution in [1.29, 1.82) is 5.26 Å². The van der Waals surface area contributed by atoms with Crippen LogP contribution in [-0.4, -0.2) is 48.7 Å². The smallest absolute Gasteiger partial charge is 0.377 e. The molecule has 0 N–H and O–H groups in total. The summed E-state index contributed by atoms with van der Waals surface area (Å²) >= 11 is 0. The molecule has 2 heterocycles. The maximum absolute atomic E-state index is 14.2. The summed E-state index contributed by atoms with van der Waals surface area (Å²) in [6, 6.07) is 14.9. The Bertz CT molecular complexity index is 1140. The predicted molar refractivity (Wildman–Crippen MR) is 148 cm³/mol. The highest BCUT2D eigenvalue weighted by Crippen LogP contribution is 2.36. The van der Waals surface area contributed by atoms with E-state index in [1.165, 1.54) is 6.07 Å². The lowest BCUT2D eigenvalue weighted by Gasteiger charge is -2.23. The molecule has 0 aliphatic carbocycles. The molecule has 4 atom stereocenters. The van der Waals surface area contributed by atoms with Crippen molar-refractivity contribution in [3.8, 4) is 6.07 Å². The van der Waals surface area contributed by atoms with E-state index in [0.29, 0.717) is 55.0 Å². The lowest BCUT2D eigenvalue weighted by Crippen LogP contribution is -2.26. The molecular weight excluding hydrogens is 499 g/mol. The van der Waals surface area contributed by atoms with E-state index in [1.807, 2.05) is 37.3 Å². The zero-order chi connectivity index (χ0) is 28.2. The number of ether oxygens (including phenoxy) is 1. The van der Waals surface area contributed by atoms with Gasteiger partial charge in [0.25, 0.3) is 0 Å². The molecular formula is C32H42F3N3O. The summed E-state index contributed by atoms with van der Waals surface area (Å²) in [5.74, 6) is 1.44. The van der Waals surface area contributed by atoms with Crippen LogP contribution in [0, 0.1) is 35.0 Å². The van der Waals surface area contributed by atoms with E-state index in [2.05, 4.69) is 36.6 Å². The molecule has 2 aromatic carbocycles. The molecule has 2 aliphatic rings. The number of nitriles is 1. The van der Waals surface area contributed by atoms with E-state index in [0.717, 1.165) is 43.7 Å². The normalized spacial score (nSPS) is 23.4. The summed E-state index contributed by atoms with van der Waals surface area (Å²) in [7, 11) is 0. The molecule has 0 radical (unpaired) electrons. The topological polar surface area (TPSA) is 39.5 Å². The van der Waals surface area contributed by atoms with Gasteiger partial charge in [0.05, 0.1) is 23.3 Å². The summed E-state index contributed by atoms with van der Waals surface area (Å²) in [6.45, 7) is 13.4. The highest BCUT2D eigenvalue weighted by molar-refractivity contribution is 5.37. The monoisotopic (exact) mass is 541 g/mol. The van der Waals surface area contributed by atoms with Crippen molar-refractivity contribution in [2.45, 2.75) is 65.9 Å². The largest absolute Gasteiger partial charge is 0.416 e. The molecule has 7 heteroatoms. The van der Waals surface area contributed by atoms with E-state index in [1.54, 1.807) is 6.07 Å². The lowest BCUT2D eigenvalue weighted by atomic mass is 9.87. The molecule has 2 fully saturated rings. The molecule has 4 rings (SSSR count). The van der Waals surface area contributed by atoms with Crippen molar-refractivity contribution in [3.05, 3.63) is 70.3 Å². The number of halogens is 3. The quantitative estimate of drug-likeness (QED) is 0.333. The Morgan fingerprint density at radius 1 is 1.00 bits per heavy atom. The maximum atomic E-state index is 14.2. The van der Waals surface area contributed by atoms with Crippen LogP contribution in [0.3, 0.4) is 0 Å². The highest BCUT2D eigenvalue weighted by Gasteiger charge is 2.38. The molecule has 0 amide bonds. The van der Waals surface area contributed by atoms with Gasteiger partial charge < -0.3 is 4.74 Å². The SMILES string of the molecule is CCOC1CN(Cc2ccc(CC(C)C3CCN(Cc4ccccc4C#N)C3)cc2C(F)(F)F)CC1C(C)C. The van der Waals surface area contributed by atoms with Crippen LogP contribution < -0.4 is 0 Å². The molecule has 212 valence electrons. The van der Waals surface area contributed by atoms with Gasteiger partial charge in [0.2, 0.25) is 0 Å². The molecule has 2 saturated heterocycles. The Morgan fingerprint density at radius 3 is 2.44 bits per heavy atom. The number of hydrogen-bond donors (Lipinski definition) is 0. The average molecular weight is 542 g/mol. The fourth-order valence-electron chi connectivity index (χ4n) is 6.45. The third-order valence-corrected chi connectivity index (χ3v) is 8.70. The van der Waals surface area contributed by atoms with Crippen LogP contribution in [0.5, 0.6) is 0 Å². The number of alkyl halides is 3. The zero-order valence-electron chi connectivity index (χ0n) is 23.7. The van der Waals surface area contributed by atoms with Gasteiger partial charge in [-0.1, -0.05) is 51.1 Å². The first-order chi connectivity index (χ1) is 18.6. The number of likely N-dealkylation sites (tertiary alicyclic amines) is 2. The Kier molecular flexibility index (Phi) is 9.74. The van der Waals surface area contributed by atoms with Crippen LogP contribution in [0.4, 0.5) is 13.2 Å². The van der Waals surface area contributed by atoms with Gasteiger partial charge in [0.15, 0.2) is 0 Å². The summed E-state index contributed by atoms with van der Waals surface area (Å²) < 4.78 is 48.5. The van der Waals surface area contributed by atoms with E-state index in [4.69, 9.17) is 4.74 Å². The minimum atomic E-state index is -4.39. The summed E-state index contributed by atoms with van der Waals surface area (Å²) in [5, 5.41) is 9.39. The third-order valence-electron chi connectivity index (χ3n) is 8.70. The van der Waals surface area contributed by atoms with Crippen LogP contribution >= 0.6 is 0 Å². The van der Waals surface area contributed by atoms with Crippen molar-refractivity contribution in [2.24, 2.45) is 23.7 Å². The maximum Gasteiger partial charge on any atom is 0.416 e. The molecule has 4 nitrogen and oxygen atoms in total. The van der Waals surface area contributed by atoms with E-state index >= 15 is 0 Å². The fourth-order valence-corrected chi connectivity index (χ4v) is 6.45. The summed E-state index contributed by atoms with van der Waals surface area (Å²) in [6.07, 6.45) is -2.66. The van der Waals surface area contributed by atoms with Gasteiger partial charge in [-0.2, -0.15) is 18.4 Å². The number of hydrogen-bond acceptors (Lipinski definition) is 4. The highest BCUT2D eigenvalue weighted by atomic mass is 19.4. The first-order valence-electron chi connectivity index (χ1n) is 14.3. The van der Waals surface area contributed by atoms with Gasteiger partial charge in [-0.15, -0.1) is 0 Å². The molecule has 2 aromatic rings. The van der Waals surface area contributed by atoms with Crippen LogP contribution in [0.1, 0.15) is 61.9 Å². The zero-order valence-corrected chi connectivity index (χ0v) is 23.7. The van der Waals surface area contributed by atoms with Gasteiger partial charge in [-0.05, 0) is 72.9 Å². The van der Waals surface area contributed by atoms with Crippen molar-refractivity contribution in [1.82, 2.24) is 9.80 Å². The number of rotatable bonds is 10. The Morgan fingerprint density at radius 2 is 1.74 bits per heavy atom. The number of benzene rings is 2. The van der Waals surface area contributed by atoms with E-state index in [9.17, 15) is 18.4 Å². The van der Waals surface area contributed by atoms with Gasteiger partial charge in [-0.25, -0.2) is 0 Å². The van der Waals surface area contributed by atoms with Gasteiger partial charge >= 0.3 is 6.18 Å².